The van der Waals surface area contributed by atoms with Crippen LogP contribution in [0.4, 0.5) is 0 Å². The van der Waals surface area contributed by atoms with Crippen LogP contribution in [0.3, 0.4) is 0 Å². The molecule has 0 amide bonds. The minimum absolute atomic E-state index is 0.277. The minimum Gasteiger partial charge on any atom is -0.481 e. The lowest BCUT2D eigenvalue weighted by molar-refractivity contribution is -0.154. The molecule has 2 unspecified atom stereocenters. The molecule has 0 saturated carbocycles. The molecule has 4 nitrogen and oxygen atoms in total. The molecule has 1 rings (SSSR count). The molecule has 1 fully saturated rings. The lowest BCUT2D eigenvalue weighted by Crippen LogP contribution is -2.38. The van der Waals surface area contributed by atoms with E-state index in [2.05, 4.69) is 0 Å². The maximum Gasteiger partial charge on any atom is 0.309 e. The molecule has 0 bridgehead atoms. The number of methoxy groups -OCH3 is 1. The van der Waals surface area contributed by atoms with Crippen LogP contribution in [-0.2, 0) is 14.3 Å². The number of hydrogen-bond donors (Lipinski definition) is 1. The number of hydrogen-bond acceptors (Lipinski definition) is 3. The van der Waals surface area contributed by atoms with Crippen LogP contribution in [0.25, 0.3) is 0 Å². The first-order valence-electron chi connectivity index (χ1n) is 3.59. The van der Waals surface area contributed by atoms with Gasteiger partial charge in [0.15, 0.2) is 0 Å². The smallest absolute Gasteiger partial charge is 0.309 e. The van der Waals surface area contributed by atoms with Crippen molar-refractivity contribution in [3.05, 3.63) is 0 Å². The van der Waals surface area contributed by atoms with E-state index in [4.69, 9.17) is 14.6 Å². The topological polar surface area (TPSA) is 55.8 Å². The van der Waals surface area contributed by atoms with Crippen molar-refractivity contribution >= 4 is 5.97 Å². The van der Waals surface area contributed by atoms with Crippen molar-refractivity contribution in [2.75, 3.05) is 20.3 Å². The fourth-order valence-corrected chi connectivity index (χ4v) is 1.23. The van der Waals surface area contributed by atoms with Crippen molar-refractivity contribution in [2.24, 2.45) is 5.92 Å². The molecule has 64 valence electrons. The highest BCUT2D eigenvalue weighted by atomic mass is 16.5. The van der Waals surface area contributed by atoms with Crippen LogP contribution < -0.4 is 0 Å². The highest BCUT2D eigenvalue weighted by Gasteiger charge is 2.31. The van der Waals surface area contributed by atoms with Gasteiger partial charge in [0, 0.05) is 13.7 Å². The molecular formula is C7H12O4. The number of ether oxygens (including phenoxy) is 2. The summed E-state index contributed by atoms with van der Waals surface area (Å²) in [6.45, 7) is 0.921. The van der Waals surface area contributed by atoms with E-state index in [1.54, 1.807) is 0 Å². The lowest BCUT2D eigenvalue weighted by atomic mass is 9.98. The van der Waals surface area contributed by atoms with Crippen LogP contribution in [0.1, 0.15) is 6.42 Å². The van der Waals surface area contributed by atoms with Gasteiger partial charge in [-0.3, -0.25) is 4.79 Å². The number of rotatable bonds is 2. The second kappa shape index (κ2) is 3.69. The molecule has 1 N–H and O–H groups in total. The van der Waals surface area contributed by atoms with Gasteiger partial charge < -0.3 is 14.6 Å². The fourth-order valence-electron chi connectivity index (χ4n) is 1.23. The van der Waals surface area contributed by atoms with Crippen molar-refractivity contribution in [3.8, 4) is 0 Å². The van der Waals surface area contributed by atoms with Crippen LogP contribution in [-0.4, -0.2) is 37.5 Å². The second-order valence-corrected chi connectivity index (χ2v) is 2.58. The third-order valence-corrected chi connectivity index (χ3v) is 1.92. The molecule has 0 aliphatic carbocycles. The van der Waals surface area contributed by atoms with E-state index in [0.29, 0.717) is 19.6 Å². The van der Waals surface area contributed by atoms with Crippen molar-refractivity contribution in [1.82, 2.24) is 0 Å². The summed E-state index contributed by atoms with van der Waals surface area (Å²) in [6, 6.07) is 0. The van der Waals surface area contributed by atoms with Crippen molar-refractivity contribution in [3.63, 3.8) is 0 Å². The predicted molar refractivity (Wildman–Crippen MR) is 37.4 cm³/mol. The first-order valence-corrected chi connectivity index (χ1v) is 3.59. The Labute approximate surface area is 65.1 Å². The maximum absolute atomic E-state index is 10.6. The molecular weight excluding hydrogens is 148 g/mol. The Morgan fingerprint density at radius 3 is 2.91 bits per heavy atom. The van der Waals surface area contributed by atoms with Crippen molar-refractivity contribution < 1.29 is 19.4 Å². The largest absolute Gasteiger partial charge is 0.481 e. The Morgan fingerprint density at radius 1 is 1.73 bits per heavy atom. The summed E-state index contributed by atoms with van der Waals surface area (Å²) in [5.41, 5.74) is 0. The second-order valence-electron chi connectivity index (χ2n) is 2.58. The van der Waals surface area contributed by atoms with Gasteiger partial charge in [-0.1, -0.05) is 0 Å². The van der Waals surface area contributed by atoms with E-state index in [9.17, 15) is 4.79 Å². The molecule has 0 spiro atoms. The third kappa shape index (κ3) is 1.91. The zero-order valence-electron chi connectivity index (χ0n) is 6.45. The number of carboxylic acids is 1. The highest BCUT2D eigenvalue weighted by Crippen LogP contribution is 2.17. The zero-order chi connectivity index (χ0) is 8.27. The van der Waals surface area contributed by atoms with Crippen LogP contribution in [0.2, 0.25) is 0 Å². The molecule has 1 saturated heterocycles. The van der Waals surface area contributed by atoms with E-state index in [1.165, 1.54) is 7.11 Å². The predicted octanol–water partition coefficient (Wildman–Crippen LogP) is 0.122. The van der Waals surface area contributed by atoms with Gasteiger partial charge in [-0.25, -0.2) is 0 Å². The summed E-state index contributed by atoms with van der Waals surface area (Å²) >= 11 is 0. The SMILES string of the molecule is COC1COCCC1C(=O)O. The van der Waals surface area contributed by atoms with Crippen LogP contribution >= 0.6 is 0 Å². The van der Waals surface area contributed by atoms with Crippen LogP contribution in [0.5, 0.6) is 0 Å². The van der Waals surface area contributed by atoms with Crippen molar-refractivity contribution in [2.45, 2.75) is 12.5 Å². The third-order valence-electron chi connectivity index (χ3n) is 1.92. The summed E-state index contributed by atoms with van der Waals surface area (Å²) in [5.74, 6) is -1.19. The normalized spacial score (nSPS) is 31.7. The molecule has 11 heavy (non-hydrogen) atoms. The fraction of sp³-hybridized carbons (Fsp3) is 0.857. The van der Waals surface area contributed by atoms with E-state index >= 15 is 0 Å². The van der Waals surface area contributed by atoms with Crippen LogP contribution in [0.15, 0.2) is 0 Å². The van der Waals surface area contributed by atoms with Gasteiger partial charge in [0.1, 0.15) is 0 Å². The first kappa shape index (κ1) is 8.49. The van der Waals surface area contributed by atoms with Gasteiger partial charge in [0.05, 0.1) is 18.6 Å². The van der Waals surface area contributed by atoms with Gasteiger partial charge in [0.25, 0.3) is 0 Å². The summed E-state index contributed by atoms with van der Waals surface area (Å²) < 4.78 is 10.0. The molecule has 2 atom stereocenters. The van der Waals surface area contributed by atoms with E-state index in [1.807, 2.05) is 0 Å². The number of carboxylic acid groups (broad SMARTS) is 1. The summed E-state index contributed by atoms with van der Waals surface area (Å²) in [7, 11) is 1.51. The average molecular weight is 160 g/mol. The Hall–Kier alpha value is -0.610. The minimum atomic E-state index is -0.792. The molecule has 1 aliphatic heterocycles. The van der Waals surface area contributed by atoms with E-state index in [-0.39, 0.29) is 6.10 Å². The maximum atomic E-state index is 10.6. The molecule has 0 aromatic heterocycles. The van der Waals surface area contributed by atoms with Crippen molar-refractivity contribution in [1.29, 1.82) is 0 Å². The zero-order valence-corrected chi connectivity index (χ0v) is 6.45. The summed E-state index contributed by atoms with van der Waals surface area (Å²) in [5, 5.41) is 8.70. The van der Waals surface area contributed by atoms with Gasteiger partial charge in [0.2, 0.25) is 0 Å². The standard InChI is InChI=1S/C7H12O4/c1-10-6-4-11-3-2-5(6)7(8)9/h5-6H,2-4H2,1H3,(H,8,9). The first-order chi connectivity index (χ1) is 5.25. The average Bonchev–Trinajstić information content (AvgIpc) is 2.04. The Balaban J connectivity index is 2.51. The molecule has 1 aliphatic rings. The molecule has 1 heterocycles. The Morgan fingerprint density at radius 2 is 2.45 bits per heavy atom. The lowest BCUT2D eigenvalue weighted by Gasteiger charge is -2.26. The van der Waals surface area contributed by atoms with Crippen LogP contribution in [0, 0.1) is 5.92 Å². The molecule has 4 heteroatoms. The van der Waals surface area contributed by atoms with Gasteiger partial charge >= 0.3 is 5.97 Å². The van der Waals surface area contributed by atoms with Gasteiger partial charge in [-0.05, 0) is 6.42 Å². The monoisotopic (exact) mass is 160 g/mol. The van der Waals surface area contributed by atoms with Gasteiger partial charge in [-0.15, -0.1) is 0 Å². The Kier molecular flexibility index (Phi) is 2.84. The number of aliphatic carboxylic acids is 1. The van der Waals surface area contributed by atoms with E-state index < -0.39 is 11.9 Å². The highest BCUT2D eigenvalue weighted by molar-refractivity contribution is 5.70. The summed E-state index contributed by atoms with van der Waals surface area (Å²) in [6.07, 6.45) is 0.273. The molecule has 0 aromatic rings. The van der Waals surface area contributed by atoms with Gasteiger partial charge in [-0.2, -0.15) is 0 Å². The number of carbonyl (C=O) groups is 1. The van der Waals surface area contributed by atoms with E-state index in [0.717, 1.165) is 0 Å². The quantitative estimate of drug-likeness (QED) is 0.623. The summed E-state index contributed by atoms with van der Waals surface area (Å²) in [4.78, 5) is 10.6. The molecule has 0 aromatic carbocycles. The Bertz CT molecular complexity index is 145. The molecule has 0 radical (unpaired) electrons.